The number of carbonyl (C=O) groups is 1. The van der Waals surface area contributed by atoms with E-state index in [2.05, 4.69) is 10.3 Å². The lowest BCUT2D eigenvalue weighted by Crippen LogP contribution is -2.18. The second kappa shape index (κ2) is 5.32. The van der Waals surface area contributed by atoms with Crippen LogP contribution in [0.15, 0.2) is 10.9 Å². The molecule has 0 fully saturated rings. The van der Waals surface area contributed by atoms with Crippen LogP contribution in [0.4, 0.5) is 5.82 Å². The van der Waals surface area contributed by atoms with Gasteiger partial charge in [0.25, 0.3) is 0 Å². The number of rotatable bonds is 4. The van der Waals surface area contributed by atoms with E-state index in [0.29, 0.717) is 0 Å². The number of hydrogen-bond donors (Lipinski definition) is 3. The number of aliphatic hydroxyl groups excluding tert-OH is 1. The maximum Gasteiger partial charge on any atom is 0.342 e. The molecule has 0 aromatic carbocycles. The summed E-state index contributed by atoms with van der Waals surface area (Å²) >= 11 is 0. The van der Waals surface area contributed by atoms with Gasteiger partial charge in [0.1, 0.15) is 11.4 Å². The first-order valence-corrected chi connectivity index (χ1v) is 4.86. The van der Waals surface area contributed by atoms with Crippen LogP contribution in [0.1, 0.15) is 22.8 Å². The van der Waals surface area contributed by atoms with Gasteiger partial charge < -0.3 is 20.1 Å². The minimum atomic E-state index is -0.577. The molecule has 0 aliphatic rings. The van der Waals surface area contributed by atoms with Crippen molar-refractivity contribution in [2.45, 2.75) is 13.5 Å². The van der Waals surface area contributed by atoms with E-state index in [1.54, 1.807) is 14.0 Å². The number of nitrogens with one attached hydrogen (secondary N) is 2. The van der Waals surface area contributed by atoms with Crippen molar-refractivity contribution in [1.29, 1.82) is 0 Å². The quantitative estimate of drug-likeness (QED) is 0.633. The number of aromatic amines is 1. The Bertz CT molecular complexity index is 411. The summed E-state index contributed by atoms with van der Waals surface area (Å²) in [6.45, 7) is 1.51. The van der Waals surface area contributed by atoms with Crippen molar-refractivity contribution >= 4 is 11.8 Å². The van der Waals surface area contributed by atoms with E-state index < -0.39 is 12.6 Å². The first-order valence-electron chi connectivity index (χ1n) is 4.86. The fraction of sp³-hybridized carbons (Fsp3) is 0.400. The number of esters is 1. The molecule has 0 amide bonds. The molecule has 0 saturated heterocycles. The topological polar surface area (TPSA) is 91.4 Å². The predicted octanol–water partition coefficient (Wildman–Crippen LogP) is 0.0856. The number of pyridine rings is 1. The lowest BCUT2D eigenvalue weighted by molar-refractivity contribution is 0.0523. The number of hydrogen-bond acceptors (Lipinski definition) is 5. The van der Waals surface area contributed by atoms with Crippen molar-refractivity contribution in [1.82, 2.24) is 4.98 Å². The molecule has 1 aromatic heterocycles. The lowest BCUT2D eigenvalue weighted by Gasteiger charge is -2.11. The molecule has 0 bridgehead atoms. The Balaban J connectivity index is 3.32. The standard InChI is InChI=1S/C10H14N2O4/c1-3-16-10(15)8-6(5-13)4-7(14)12-9(8)11-2/h4,13H,3,5H2,1-2H3,(H2,11,12,14). The first-order chi connectivity index (χ1) is 7.63. The molecule has 1 rings (SSSR count). The van der Waals surface area contributed by atoms with Gasteiger partial charge in [0.2, 0.25) is 5.56 Å². The number of aromatic nitrogens is 1. The Morgan fingerprint density at radius 2 is 2.31 bits per heavy atom. The number of ether oxygens (including phenoxy) is 1. The Hall–Kier alpha value is -1.82. The van der Waals surface area contributed by atoms with Gasteiger partial charge in [-0.15, -0.1) is 0 Å². The van der Waals surface area contributed by atoms with Gasteiger partial charge in [0.15, 0.2) is 0 Å². The molecule has 6 nitrogen and oxygen atoms in total. The molecule has 0 spiro atoms. The molecule has 0 saturated carbocycles. The first kappa shape index (κ1) is 12.3. The highest BCUT2D eigenvalue weighted by molar-refractivity contribution is 5.96. The predicted molar refractivity (Wildman–Crippen MR) is 58.5 cm³/mol. The molecule has 88 valence electrons. The van der Waals surface area contributed by atoms with Crippen LogP contribution in [-0.4, -0.2) is 29.7 Å². The minimum Gasteiger partial charge on any atom is -0.462 e. The van der Waals surface area contributed by atoms with Crippen LogP contribution in [0.2, 0.25) is 0 Å². The molecule has 3 N–H and O–H groups in total. The van der Waals surface area contributed by atoms with E-state index in [1.165, 1.54) is 6.07 Å². The molecule has 1 heterocycles. The highest BCUT2D eigenvalue weighted by Gasteiger charge is 2.18. The van der Waals surface area contributed by atoms with E-state index in [0.717, 1.165) is 0 Å². The van der Waals surface area contributed by atoms with E-state index in [1.807, 2.05) is 0 Å². The molecule has 0 aliphatic heterocycles. The van der Waals surface area contributed by atoms with Crippen molar-refractivity contribution in [3.63, 3.8) is 0 Å². The second-order valence-corrected chi connectivity index (χ2v) is 3.04. The molecule has 0 atom stereocenters. The summed E-state index contributed by atoms with van der Waals surface area (Å²) in [6.07, 6.45) is 0. The zero-order valence-corrected chi connectivity index (χ0v) is 9.16. The van der Waals surface area contributed by atoms with Crippen molar-refractivity contribution in [3.8, 4) is 0 Å². The fourth-order valence-electron chi connectivity index (χ4n) is 1.36. The summed E-state index contributed by atoms with van der Waals surface area (Å²) in [5.74, 6) is -0.331. The summed E-state index contributed by atoms with van der Waals surface area (Å²) in [5.41, 5.74) is 0.0134. The molecule has 0 aliphatic carbocycles. The zero-order chi connectivity index (χ0) is 12.1. The Labute approximate surface area is 92.3 Å². The van der Waals surface area contributed by atoms with E-state index in [9.17, 15) is 9.59 Å². The Morgan fingerprint density at radius 3 is 2.81 bits per heavy atom. The molecular weight excluding hydrogens is 212 g/mol. The van der Waals surface area contributed by atoms with Gasteiger partial charge >= 0.3 is 5.97 Å². The Kier molecular flexibility index (Phi) is 4.07. The molecule has 1 aromatic rings. The smallest absolute Gasteiger partial charge is 0.342 e. The maximum absolute atomic E-state index is 11.6. The summed E-state index contributed by atoms with van der Waals surface area (Å²) in [5, 5.41) is 11.8. The van der Waals surface area contributed by atoms with Gasteiger partial charge in [-0.05, 0) is 6.92 Å². The number of carbonyl (C=O) groups excluding carboxylic acids is 1. The highest BCUT2D eigenvalue weighted by atomic mass is 16.5. The average molecular weight is 226 g/mol. The molecule has 6 heteroatoms. The van der Waals surface area contributed by atoms with E-state index in [-0.39, 0.29) is 29.1 Å². The lowest BCUT2D eigenvalue weighted by atomic mass is 10.1. The van der Waals surface area contributed by atoms with Gasteiger partial charge in [-0.2, -0.15) is 0 Å². The number of H-pyrrole nitrogens is 1. The van der Waals surface area contributed by atoms with Gasteiger partial charge in [-0.1, -0.05) is 0 Å². The molecule has 16 heavy (non-hydrogen) atoms. The van der Waals surface area contributed by atoms with Crippen LogP contribution in [-0.2, 0) is 11.3 Å². The van der Waals surface area contributed by atoms with Gasteiger partial charge in [0, 0.05) is 18.7 Å². The van der Waals surface area contributed by atoms with Crippen molar-refractivity contribution in [2.24, 2.45) is 0 Å². The highest BCUT2D eigenvalue weighted by Crippen LogP contribution is 2.16. The maximum atomic E-state index is 11.6. The van der Waals surface area contributed by atoms with Crippen LogP contribution in [0.5, 0.6) is 0 Å². The van der Waals surface area contributed by atoms with Crippen molar-refractivity contribution in [2.75, 3.05) is 19.0 Å². The zero-order valence-electron chi connectivity index (χ0n) is 9.16. The third kappa shape index (κ3) is 2.40. The third-order valence-electron chi connectivity index (χ3n) is 2.02. The molecular formula is C10H14N2O4. The summed E-state index contributed by atoms with van der Waals surface area (Å²) in [6, 6.07) is 1.17. The van der Waals surface area contributed by atoms with Crippen LogP contribution < -0.4 is 10.9 Å². The summed E-state index contributed by atoms with van der Waals surface area (Å²) in [7, 11) is 1.56. The number of anilines is 1. The summed E-state index contributed by atoms with van der Waals surface area (Å²) in [4.78, 5) is 25.3. The van der Waals surface area contributed by atoms with Crippen LogP contribution in [0.3, 0.4) is 0 Å². The average Bonchev–Trinajstić information content (AvgIpc) is 2.27. The Morgan fingerprint density at radius 1 is 1.62 bits per heavy atom. The van der Waals surface area contributed by atoms with Crippen LogP contribution >= 0.6 is 0 Å². The fourth-order valence-corrected chi connectivity index (χ4v) is 1.36. The number of aliphatic hydroxyl groups is 1. The van der Waals surface area contributed by atoms with Gasteiger partial charge in [-0.25, -0.2) is 4.79 Å². The largest absolute Gasteiger partial charge is 0.462 e. The molecule has 0 radical (unpaired) electrons. The van der Waals surface area contributed by atoms with Crippen molar-refractivity contribution < 1.29 is 14.6 Å². The van der Waals surface area contributed by atoms with Gasteiger partial charge in [0.05, 0.1) is 13.2 Å². The normalized spacial score (nSPS) is 9.94. The van der Waals surface area contributed by atoms with Crippen molar-refractivity contribution in [3.05, 3.63) is 27.5 Å². The van der Waals surface area contributed by atoms with Gasteiger partial charge in [-0.3, -0.25) is 4.79 Å². The molecule has 0 unspecified atom stereocenters. The van der Waals surface area contributed by atoms with Crippen LogP contribution in [0, 0.1) is 0 Å². The third-order valence-corrected chi connectivity index (χ3v) is 2.02. The SMILES string of the molecule is CCOC(=O)c1c(CO)cc(=O)[nH]c1NC. The van der Waals surface area contributed by atoms with Crippen LogP contribution in [0.25, 0.3) is 0 Å². The minimum absolute atomic E-state index is 0.159. The summed E-state index contributed by atoms with van der Waals surface area (Å²) < 4.78 is 4.84. The van der Waals surface area contributed by atoms with E-state index in [4.69, 9.17) is 9.84 Å². The monoisotopic (exact) mass is 226 g/mol. The second-order valence-electron chi connectivity index (χ2n) is 3.04. The van der Waals surface area contributed by atoms with E-state index >= 15 is 0 Å².